The van der Waals surface area contributed by atoms with Crippen LogP contribution in [0, 0.1) is 5.92 Å². The van der Waals surface area contributed by atoms with Crippen LogP contribution in [-0.4, -0.2) is 26.1 Å². The maximum atomic E-state index is 12.3. The summed E-state index contributed by atoms with van der Waals surface area (Å²) in [5.74, 6) is 1.05. The lowest BCUT2D eigenvalue weighted by Gasteiger charge is -2.31. The molecule has 4 nitrogen and oxygen atoms in total. The van der Waals surface area contributed by atoms with Crippen LogP contribution in [0.1, 0.15) is 32.3 Å². The second kappa shape index (κ2) is 6.27. The van der Waals surface area contributed by atoms with Crippen molar-refractivity contribution in [1.82, 2.24) is 10.6 Å². The molecule has 1 atom stereocenters. The van der Waals surface area contributed by atoms with Crippen LogP contribution in [0.25, 0.3) is 0 Å². The van der Waals surface area contributed by atoms with E-state index < -0.39 is 0 Å². The Kier molecular flexibility index (Phi) is 4.65. The topological polar surface area (TPSA) is 50.4 Å². The minimum absolute atomic E-state index is 0.0845. The monoisotopic (exact) mass is 276 g/mol. The Labute approximate surface area is 120 Å². The van der Waals surface area contributed by atoms with Crippen molar-refractivity contribution in [2.24, 2.45) is 5.92 Å². The van der Waals surface area contributed by atoms with E-state index in [1.807, 2.05) is 38.1 Å². The highest BCUT2D eigenvalue weighted by atomic mass is 16.5. The first kappa shape index (κ1) is 14.9. The van der Waals surface area contributed by atoms with Gasteiger partial charge in [0.15, 0.2) is 0 Å². The van der Waals surface area contributed by atoms with Crippen molar-refractivity contribution >= 4 is 5.91 Å². The number of ether oxygens (including phenoxy) is 1. The van der Waals surface area contributed by atoms with E-state index in [0.717, 1.165) is 37.2 Å². The summed E-state index contributed by atoms with van der Waals surface area (Å²) in [5.41, 5.74) is 0.705. The van der Waals surface area contributed by atoms with Gasteiger partial charge >= 0.3 is 0 Å². The molecule has 2 rings (SSSR count). The van der Waals surface area contributed by atoms with E-state index in [9.17, 15) is 4.79 Å². The van der Waals surface area contributed by atoms with E-state index in [-0.39, 0.29) is 17.4 Å². The van der Waals surface area contributed by atoms with Crippen molar-refractivity contribution in [1.29, 1.82) is 0 Å². The summed E-state index contributed by atoms with van der Waals surface area (Å²) < 4.78 is 5.16. The summed E-state index contributed by atoms with van der Waals surface area (Å²) >= 11 is 0. The summed E-state index contributed by atoms with van der Waals surface area (Å²) in [7, 11) is 1.65. The van der Waals surface area contributed by atoms with Crippen LogP contribution in [0.15, 0.2) is 24.3 Å². The summed E-state index contributed by atoms with van der Waals surface area (Å²) in [6.07, 6.45) is 2.04. The van der Waals surface area contributed by atoms with Crippen LogP contribution >= 0.6 is 0 Å². The van der Waals surface area contributed by atoms with E-state index in [2.05, 4.69) is 10.6 Å². The van der Waals surface area contributed by atoms with Gasteiger partial charge < -0.3 is 15.4 Å². The highest BCUT2D eigenvalue weighted by Crippen LogP contribution is 2.23. The smallest absolute Gasteiger partial charge is 0.225 e. The molecule has 0 spiro atoms. The van der Waals surface area contributed by atoms with E-state index in [1.165, 1.54) is 0 Å². The predicted molar refractivity (Wildman–Crippen MR) is 79.8 cm³/mol. The zero-order valence-corrected chi connectivity index (χ0v) is 12.5. The Morgan fingerprint density at radius 2 is 2.05 bits per heavy atom. The number of piperidine rings is 1. The molecule has 0 saturated carbocycles. The van der Waals surface area contributed by atoms with Crippen LogP contribution < -0.4 is 15.4 Å². The number of carbonyl (C=O) groups is 1. The molecule has 1 aliphatic heterocycles. The quantitative estimate of drug-likeness (QED) is 0.885. The van der Waals surface area contributed by atoms with Gasteiger partial charge in [-0.1, -0.05) is 12.1 Å². The summed E-state index contributed by atoms with van der Waals surface area (Å²) in [6.45, 7) is 5.86. The molecule has 1 amide bonds. The average Bonchev–Trinajstić information content (AvgIpc) is 2.48. The van der Waals surface area contributed by atoms with Crippen molar-refractivity contribution in [3.05, 3.63) is 29.8 Å². The summed E-state index contributed by atoms with van der Waals surface area (Å²) in [6, 6.07) is 7.84. The highest BCUT2D eigenvalue weighted by Gasteiger charge is 2.28. The van der Waals surface area contributed by atoms with Crippen molar-refractivity contribution in [2.75, 3.05) is 20.2 Å². The average molecular weight is 276 g/mol. The molecule has 1 aromatic carbocycles. The highest BCUT2D eigenvalue weighted by molar-refractivity contribution is 5.80. The molecule has 0 bridgehead atoms. The molecule has 1 aliphatic rings. The number of rotatable bonds is 4. The Morgan fingerprint density at radius 1 is 1.35 bits per heavy atom. The Hall–Kier alpha value is -1.55. The molecule has 0 radical (unpaired) electrons. The SMILES string of the molecule is COc1ccc(C(C)(C)NC(=O)C2CCCNC2)cc1. The van der Waals surface area contributed by atoms with Crippen LogP contribution in [0.2, 0.25) is 0 Å². The van der Waals surface area contributed by atoms with Crippen molar-refractivity contribution in [3.63, 3.8) is 0 Å². The van der Waals surface area contributed by atoms with E-state index >= 15 is 0 Å². The zero-order chi connectivity index (χ0) is 14.6. The fraction of sp³-hybridized carbons (Fsp3) is 0.562. The third-order valence-electron chi connectivity index (χ3n) is 3.92. The molecule has 20 heavy (non-hydrogen) atoms. The van der Waals surface area contributed by atoms with Gasteiger partial charge in [0, 0.05) is 6.54 Å². The number of hydrogen-bond donors (Lipinski definition) is 2. The lowest BCUT2D eigenvalue weighted by Crippen LogP contribution is -2.47. The third-order valence-corrected chi connectivity index (χ3v) is 3.92. The molecule has 1 heterocycles. The molecular formula is C16H24N2O2. The van der Waals surface area contributed by atoms with E-state index in [4.69, 9.17) is 4.74 Å². The maximum absolute atomic E-state index is 12.3. The van der Waals surface area contributed by atoms with Gasteiger partial charge in [-0.25, -0.2) is 0 Å². The molecule has 0 aliphatic carbocycles. The fourth-order valence-electron chi connectivity index (χ4n) is 2.57. The molecule has 0 aromatic heterocycles. The van der Waals surface area contributed by atoms with Crippen LogP contribution in [0.3, 0.4) is 0 Å². The maximum Gasteiger partial charge on any atom is 0.225 e. The third kappa shape index (κ3) is 3.51. The minimum Gasteiger partial charge on any atom is -0.497 e. The first-order chi connectivity index (χ1) is 9.53. The fourth-order valence-corrected chi connectivity index (χ4v) is 2.57. The summed E-state index contributed by atoms with van der Waals surface area (Å²) in [5, 5.41) is 6.44. The standard InChI is InChI=1S/C16H24N2O2/c1-16(2,13-6-8-14(20-3)9-7-13)18-15(19)12-5-4-10-17-11-12/h6-9,12,17H,4-5,10-11H2,1-3H3,(H,18,19). The Morgan fingerprint density at radius 3 is 2.60 bits per heavy atom. The van der Waals surface area contributed by atoms with Crippen LogP contribution in [-0.2, 0) is 10.3 Å². The first-order valence-corrected chi connectivity index (χ1v) is 7.20. The minimum atomic E-state index is -0.374. The molecule has 2 N–H and O–H groups in total. The van der Waals surface area contributed by atoms with Gasteiger partial charge in [0.1, 0.15) is 5.75 Å². The van der Waals surface area contributed by atoms with Gasteiger partial charge in [0.25, 0.3) is 0 Å². The molecule has 1 fully saturated rings. The van der Waals surface area contributed by atoms with E-state index in [1.54, 1.807) is 7.11 Å². The number of amides is 1. The number of carbonyl (C=O) groups excluding carboxylic acids is 1. The Balaban J connectivity index is 2.03. The number of benzene rings is 1. The van der Waals surface area contributed by atoms with Gasteiger partial charge in [-0.15, -0.1) is 0 Å². The summed E-state index contributed by atoms with van der Waals surface area (Å²) in [4.78, 5) is 12.3. The molecular weight excluding hydrogens is 252 g/mol. The van der Waals surface area contributed by atoms with Gasteiger partial charge in [-0.05, 0) is 50.9 Å². The molecule has 1 unspecified atom stereocenters. The lowest BCUT2D eigenvalue weighted by atomic mass is 9.91. The van der Waals surface area contributed by atoms with Crippen LogP contribution in [0.5, 0.6) is 5.75 Å². The molecule has 1 saturated heterocycles. The predicted octanol–water partition coefficient (Wildman–Crippen LogP) is 2.05. The van der Waals surface area contributed by atoms with Gasteiger partial charge in [0.05, 0.1) is 18.6 Å². The van der Waals surface area contributed by atoms with Gasteiger partial charge in [-0.2, -0.15) is 0 Å². The van der Waals surface area contributed by atoms with E-state index in [0.29, 0.717) is 0 Å². The second-order valence-corrected chi connectivity index (χ2v) is 5.89. The van der Waals surface area contributed by atoms with Crippen molar-refractivity contribution in [3.8, 4) is 5.75 Å². The molecule has 110 valence electrons. The number of hydrogen-bond acceptors (Lipinski definition) is 3. The number of methoxy groups -OCH3 is 1. The zero-order valence-electron chi connectivity index (χ0n) is 12.5. The van der Waals surface area contributed by atoms with Gasteiger partial charge in [0.2, 0.25) is 5.91 Å². The Bertz CT molecular complexity index is 448. The number of nitrogens with one attached hydrogen (secondary N) is 2. The normalized spacial score (nSPS) is 19.4. The largest absolute Gasteiger partial charge is 0.497 e. The van der Waals surface area contributed by atoms with Gasteiger partial charge in [-0.3, -0.25) is 4.79 Å². The van der Waals surface area contributed by atoms with Crippen LogP contribution in [0.4, 0.5) is 0 Å². The first-order valence-electron chi connectivity index (χ1n) is 7.20. The molecule has 1 aromatic rings. The van der Waals surface area contributed by atoms with Crippen molar-refractivity contribution in [2.45, 2.75) is 32.2 Å². The lowest BCUT2D eigenvalue weighted by molar-refractivity contribution is -0.127. The van der Waals surface area contributed by atoms with Crippen molar-refractivity contribution < 1.29 is 9.53 Å². The molecule has 4 heteroatoms. The second-order valence-electron chi connectivity index (χ2n) is 5.89.